The molecule has 31 heavy (non-hydrogen) atoms. The highest BCUT2D eigenvalue weighted by Crippen LogP contribution is 2.25. The predicted molar refractivity (Wildman–Crippen MR) is 123 cm³/mol. The zero-order chi connectivity index (χ0) is 21.6. The maximum atomic E-state index is 12.5. The smallest absolute Gasteiger partial charge is 0.251 e. The number of nitrogens with zero attached hydrogens (tertiary/aromatic N) is 3. The van der Waals surface area contributed by atoms with Crippen molar-refractivity contribution >= 4 is 17.5 Å². The van der Waals surface area contributed by atoms with E-state index in [1.807, 2.05) is 24.3 Å². The minimum atomic E-state index is -0.0581. The normalized spacial score (nSPS) is 20.2. The number of nitrogens with one attached hydrogen (secondary N) is 1. The van der Waals surface area contributed by atoms with Gasteiger partial charge in [0.1, 0.15) is 0 Å². The summed E-state index contributed by atoms with van der Waals surface area (Å²) in [5, 5.41) is 3.04. The van der Waals surface area contributed by atoms with Crippen molar-refractivity contribution in [3.05, 3.63) is 65.7 Å². The number of hydrogen-bond donors (Lipinski definition) is 1. The highest BCUT2D eigenvalue weighted by Gasteiger charge is 2.26. The van der Waals surface area contributed by atoms with Crippen LogP contribution in [0.25, 0.3) is 0 Å². The van der Waals surface area contributed by atoms with Crippen LogP contribution in [0.3, 0.4) is 0 Å². The number of piperazine rings is 1. The van der Waals surface area contributed by atoms with E-state index in [1.165, 1.54) is 5.56 Å². The van der Waals surface area contributed by atoms with Crippen LogP contribution >= 0.6 is 0 Å². The lowest BCUT2D eigenvalue weighted by molar-refractivity contribution is -0.117. The molecule has 0 aliphatic carbocycles. The molecule has 6 heteroatoms. The summed E-state index contributed by atoms with van der Waals surface area (Å²) in [7, 11) is 2.18. The summed E-state index contributed by atoms with van der Waals surface area (Å²) in [4.78, 5) is 31.1. The highest BCUT2D eigenvalue weighted by atomic mass is 16.2. The molecule has 2 fully saturated rings. The van der Waals surface area contributed by atoms with Gasteiger partial charge in [-0.3, -0.25) is 14.5 Å². The molecule has 0 spiro atoms. The molecule has 6 nitrogen and oxygen atoms in total. The van der Waals surface area contributed by atoms with Gasteiger partial charge in [-0.2, -0.15) is 0 Å². The minimum Gasteiger partial charge on any atom is -0.352 e. The Balaban J connectivity index is 1.26. The topological polar surface area (TPSA) is 55.9 Å². The third-order valence-corrected chi connectivity index (χ3v) is 6.30. The van der Waals surface area contributed by atoms with Crippen LogP contribution < -0.4 is 10.2 Å². The molecule has 1 atom stereocenters. The standard InChI is InChI=1S/C25H32N4O2/c1-27-17-18-28(23(19-27)20-7-3-2-4-8-20)15-6-14-26-25(31)21-10-12-22(13-11-21)29-16-5-9-24(29)30/h2-4,7-8,10-13,23H,5-6,9,14-19H2,1H3,(H,26,31). The Kier molecular flexibility index (Phi) is 6.99. The summed E-state index contributed by atoms with van der Waals surface area (Å²) in [6, 6.07) is 18.4. The molecule has 2 aromatic rings. The molecule has 164 valence electrons. The highest BCUT2D eigenvalue weighted by molar-refractivity contribution is 5.97. The van der Waals surface area contributed by atoms with Crippen LogP contribution in [0.5, 0.6) is 0 Å². The molecule has 2 aliphatic heterocycles. The molecule has 0 bridgehead atoms. The van der Waals surface area contributed by atoms with Crippen LogP contribution in [-0.4, -0.2) is 67.9 Å². The number of likely N-dealkylation sites (N-methyl/N-ethyl adjacent to an activating group) is 1. The van der Waals surface area contributed by atoms with Crippen molar-refractivity contribution in [2.24, 2.45) is 0 Å². The lowest BCUT2D eigenvalue weighted by atomic mass is 10.0. The van der Waals surface area contributed by atoms with E-state index in [4.69, 9.17) is 0 Å². The van der Waals surface area contributed by atoms with E-state index in [0.29, 0.717) is 24.6 Å². The van der Waals surface area contributed by atoms with Crippen molar-refractivity contribution in [1.82, 2.24) is 15.1 Å². The molecule has 2 aromatic carbocycles. The number of amides is 2. The van der Waals surface area contributed by atoms with Gasteiger partial charge in [-0.1, -0.05) is 30.3 Å². The number of rotatable bonds is 7. The molecule has 2 heterocycles. The second-order valence-electron chi connectivity index (χ2n) is 8.53. The molecular weight excluding hydrogens is 388 g/mol. The second-order valence-corrected chi connectivity index (χ2v) is 8.53. The summed E-state index contributed by atoms with van der Waals surface area (Å²) in [6.07, 6.45) is 2.43. The van der Waals surface area contributed by atoms with E-state index in [9.17, 15) is 9.59 Å². The number of carbonyl (C=O) groups excluding carboxylic acids is 2. The summed E-state index contributed by atoms with van der Waals surface area (Å²) in [5.74, 6) is 0.104. The Morgan fingerprint density at radius 1 is 1.03 bits per heavy atom. The fourth-order valence-corrected chi connectivity index (χ4v) is 4.52. The van der Waals surface area contributed by atoms with Crippen molar-refractivity contribution < 1.29 is 9.59 Å². The molecule has 2 saturated heterocycles. The molecule has 0 radical (unpaired) electrons. The molecule has 4 rings (SSSR count). The first-order valence-corrected chi connectivity index (χ1v) is 11.3. The van der Waals surface area contributed by atoms with Crippen LogP contribution in [0.15, 0.2) is 54.6 Å². The van der Waals surface area contributed by atoms with E-state index in [1.54, 1.807) is 4.90 Å². The third kappa shape index (κ3) is 5.32. The van der Waals surface area contributed by atoms with E-state index in [0.717, 1.165) is 51.3 Å². The molecule has 1 N–H and O–H groups in total. The fraction of sp³-hybridized carbons (Fsp3) is 0.440. The predicted octanol–water partition coefficient (Wildman–Crippen LogP) is 2.92. The average molecular weight is 421 g/mol. The SMILES string of the molecule is CN1CCN(CCCNC(=O)c2ccc(N3CCCC3=O)cc2)C(c2ccccc2)C1. The summed E-state index contributed by atoms with van der Waals surface area (Å²) in [5.41, 5.74) is 2.87. The van der Waals surface area contributed by atoms with Gasteiger partial charge < -0.3 is 15.1 Å². The monoisotopic (exact) mass is 420 g/mol. The van der Waals surface area contributed by atoms with E-state index >= 15 is 0 Å². The number of benzene rings is 2. The first kappa shape index (κ1) is 21.5. The third-order valence-electron chi connectivity index (χ3n) is 6.30. The lowest BCUT2D eigenvalue weighted by Crippen LogP contribution is -2.47. The number of hydrogen-bond acceptors (Lipinski definition) is 4. The van der Waals surface area contributed by atoms with Crippen LogP contribution in [0.2, 0.25) is 0 Å². The zero-order valence-electron chi connectivity index (χ0n) is 18.3. The van der Waals surface area contributed by atoms with Crippen LogP contribution in [0.4, 0.5) is 5.69 Å². The van der Waals surface area contributed by atoms with Crippen LogP contribution in [-0.2, 0) is 4.79 Å². The van der Waals surface area contributed by atoms with Gasteiger partial charge in [0.15, 0.2) is 0 Å². The van der Waals surface area contributed by atoms with Gasteiger partial charge in [0.25, 0.3) is 5.91 Å². The number of carbonyl (C=O) groups is 2. The van der Waals surface area contributed by atoms with Crippen LogP contribution in [0.1, 0.15) is 41.2 Å². The van der Waals surface area contributed by atoms with Crippen molar-refractivity contribution in [3.63, 3.8) is 0 Å². The largest absolute Gasteiger partial charge is 0.352 e. The van der Waals surface area contributed by atoms with Gasteiger partial charge in [0.05, 0.1) is 0 Å². The van der Waals surface area contributed by atoms with Crippen molar-refractivity contribution in [2.75, 3.05) is 51.2 Å². The Hall–Kier alpha value is -2.70. The first-order valence-electron chi connectivity index (χ1n) is 11.3. The molecule has 2 aliphatic rings. The van der Waals surface area contributed by atoms with Gasteiger partial charge in [-0.25, -0.2) is 0 Å². The van der Waals surface area contributed by atoms with Crippen molar-refractivity contribution in [1.29, 1.82) is 0 Å². The Bertz CT molecular complexity index is 884. The Labute approximate surface area is 184 Å². The van der Waals surface area contributed by atoms with E-state index < -0.39 is 0 Å². The molecular formula is C25H32N4O2. The van der Waals surface area contributed by atoms with Crippen LogP contribution in [0, 0.1) is 0 Å². The average Bonchev–Trinajstić information content (AvgIpc) is 3.24. The lowest BCUT2D eigenvalue weighted by Gasteiger charge is -2.40. The van der Waals surface area contributed by atoms with Crippen molar-refractivity contribution in [3.8, 4) is 0 Å². The van der Waals surface area contributed by atoms with Gasteiger partial charge in [-0.15, -0.1) is 0 Å². The summed E-state index contributed by atoms with van der Waals surface area (Å²) >= 11 is 0. The summed E-state index contributed by atoms with van der Waals surface area (Å²) < 4.78 is 0. The second kappa shape index (κ2) is 10.1. The number of anilines is 1. The zero-order valence-corrected chi connectivity index (χ0v) is 18.3. The van der Waals surface area contributed by atoms with Gasteiger partial charge >= 0.3 is 0 Å². The molecule has 1 unspecified atom stereocenters. The van der Waals surface area contributed by atoms with E-state index in [2.05, 4.69) is 52.5 Å². The maximum absolute atomic E-state index is 12.5. The quantitative estimate of drug-likeness (QED) is 0.700. The molecule has 0 aromatic heterocycles. The maximum Gasteiger partial charge on any atom is 0.251 e. The minimum absolute atomic E-state index is 0.0581. The van der Waals surface area contributed by atoms with Gasteiger partial charge in [-0.05, 0) is 49.7 Å². The fourth-order valence-electron chi connectivity index (χ4n) is 4.52. The Morgan fingerprint density at radius 3 is 2.52 bits per heavy atom. The van der Waals surface area contributed by atoms with Gasteiger partial charge in [0.2, 0.25) is 5.91 Å². The van der Waals surface area contributed by atoms with E-state index in [-0.39, 0.29) is 11.8 Å². The summed E-state index contributed by atoms with van der Waals surface area (Å²) in [6.45, 7) is 5.52. The van der Waals surface area contributed by atoms with Gasteiger partial charge in [0, 0.05) is 63.0 Å². The Morgan fingerprint density at radius 2 is 1.81 bits per heavy atom. The molecule has 2 amide bonds. The molecule has 0 saturated carbocycles. The van der Waals surface area contributed by atoms with Crippen molar-refractivity contribution in [2.45, 2.75) is 25.3 Å². The first-order chi connectivity index (χ1) is 15.1.